The molecule has 0 aliphatic heterocycles. The first-order valence-electron chi connectivity index (χ1n) is 6.42. The quantitative estimate of drug-likeness (QED) is 0.823. The molecule has 3 heteroatoms. The molecule has 0 bridgehead atoms. The summed E-state index contributed by atoms with van der Waals surface area (Å²) in [5.41, 5.74) is 7.85. The summed E-state index contributed by atoms with van der Waals surface area (Å²) in [6.07, 6.45) is 2.17. The van der Waals surface area contributed by atoms with Gasteiger partial charge in [-0.25, -0.2) is 4.39 Å². The number of anilines is 1. The molecule has 2 aromatic carbocycles. The van der Waals surface area contributed by atoms with E-state index in [1.165, 1.54) is 11.6 Å². The molecule has 0 unspecified atom stereocenters. The first kappa shape index (κ1) is 13.4. The van der Waals surface area contributed by atoms with Crippen molar-refractivity contribution >= 4 is 5.69 Å². The minimum Gasteiger partial charge on any atom is -0.455 e. The van der Waals surface area contributed by atoms with Crippen molar-refractivity contribution in [3.63, 3.8) is 0 Å². The molecule has 0 radical (unpaired) electrons. The molecule has 0 heterocycles. The molecule has 0 aliphatic carbocycles. The van der Waals surface area contributed by atoms with Crippen LogP contribution in [0.15, 0.2) is 36.4 Å². The lowest BCUT2D eigenvalue weighted by molar-refractivity contribution is 0.482. The number of ether oxygens (including phenoxy) is 1. The van der Waals surface area contributed by atoms with Gasteiger partial charge in [0.15, 0.2) is 5.75 Å². The zero-order chi connectivity index (χ0) is 13.8. The van der Waals surface area contributed by atoms with Crippen LogP contribution in [0.25, 0.3) is 0 Å². The summed E-state index contributed by atoms with van der Waals surface area (Å²) in [4.78, 5) is 0. The fourth-order valence-corrected chi connectivity index (χ4v) is 1.90. The van der Waals surface area contributed by atoms with Crippen molar-refractivity contribution in [3.05, 3.63) is 53.3 Å². The van der Waals surface area contributed by atoms with Crippen LogP contribution in [0.1, 0.15) is 24.5 Å². The summed E-state index contributed by atoms with van der Waals surface area (Å²) in [6.45, 7) is 3.83. The Bertz CT molecular complexity index is 564. The molecule has 0 saturated carbocycles. The molecule has 2 N–H and O–H groups in total. The number of hydrogen-bond acceptors (Lipinski definition) is 2. The number of aryl methyl sites for hydroxylation is 2. The average Bonchev–Trinajstić information content (AvgIpc) is 2.38. The Hall–Kier alpha value is -2.03. The van der Waals surface area contributed by atoms with Gasteiger partial charge in [-0.1, -0.05) is 25.5 Å². The second kappa shape index (κ2) is 5.74. The number of benzene rings is 2. The van der Waals surface area contributed by atoms with Crippen LogP contribution in [0.4, 0.5) is 10.1 Å². The summed E-state index contributed by atoms with van der Waals surface area (Å²) >= 11 is 0. The van der Waals surface area contributed by atoms with E-state index in [4.69, 9.17) is 10.5 Å². The van der Waals surface area contributed by atoms with Gasteiger partial charge in [0.2, 0.25) is 0 Å². The molecular weight excluding hydrogens is 241 g/mol. The van der Waals surface area contributed by atoms with E-state index in [1.807, 2.05) is 24.3 Å². The molecule has 0 atom stereocenters. The highest BCUT2D eigenvalue weighted by atomic mass is 19.1. The van der Waals surface area contributed by atoms with Crippen molar-refractivity contribution in [2.75, 3.05) is 5.73 Å². The van der Waals surface area contributed by atoms with Gasteiger partial charge in [0.1, 0.15) is 11.6 Å². The first-order valence-corrected chi connectivity index (χ1v) is 6.42. The molecule has 0 spiro atoms. The minimum absolute atomic E-state index is 0.306. The van der Waals surface area contributed by atoms with E-state index in [1.54, 1.807) is 13.0 Å². The molecule has 0 saturated heterocycles. The van der Waals surface area contributed by atoms with Gasteiger partial charge in [-0.3, -0.25) is 0 Å². The maximum Gasteiger partial charge on any atom is 0.150 e. The summed E-state index contributed by atoms with van der Waals surface area (Å²) in [5, 5.41) is 0. The van der Waals surface area contributed by atoms with Crippen LogP contribution in [0.2, 0.25) is 0 Å². The molecule has 0 aliphatic rings. The van der Waals surface area contributed by atoms with Crippen LogP contribution < -0.4 is 10.5 Å². The summed E-state index contributed by atoms with van der Waals surface area (Å²) < 4.78 is 19.0. The summed E-state index contributed by atoms with van der Waals surface area (Å²) in [6, 6.07) is 10.8. The highest BCUT2D eigenvalue weighted by Crippen LogP contribution is 2.30. The molecule has 0 aromatic heterocycles. The fourth-order valence-electron chi connectivity index (χ4n) is 1.90. The van der Waals surface area contributed by atoms with Crippen molar-refractivity contribution in [2.24, 2.45) is 0 Å². The average molecular weight is 259 g/mol. The Morgan fingerprint density at radius 2 is 1.84 bits per heavy atom. The van der Waals surface area contributed by atoms with E-state index in [2.05, 4.69) is 6.92 Å². The Kier molecular flexibility index (Phi) is 4.05. The Balaban J connectivity index is 2.19. The molecular formula is C16H18FNO. The smallest absolute Gasteiger partial charge is 0.150 e. The monoisotopic (exact) mass is 259 g/mol. The topological polar surface area (TPSA) is 35.2 Å². The lowest BCUT2D eigenvalue weighted by Crippen LogP contribution is -1.95. The Morgan fingerprint density at radius 1 is 1.16 bits per heavy atom. The Morgan fingerprint density at radius 3 is 2.47 bits per heavy atom. The maximum atomic E-state index is 13.3. The summed E-state index contributed by atoms with van der Waals surface area (Å²) in [7, 11) is 0. The molecule has 2 rings (SSSR count). The SMILES string of the molecule is CCCc1ccc(Oc2cc(C)c(F)cc2N)cc1. The van der Waals surface area contributed by atoms with Crippen LogP contribution in [0.3, 0.4) is 0 Å². The highest BCUT2D eigenvalue weighted by molar-refractivity contribution is 5.55. The highest BCUT2D eigenvalue weighted by Gasteiger charge is 2.07. The number of halogens is 1. The normalized spacial score (nSPS) is 10.5. The lowest BCUT2D eigenvalue weighted by atomic mass is 10.1. The molecule has 2 aromatic rings. The van der Waals surface area contributed by atoms with Gasteiger partial charge in [-0.2, -0.15) is 0 Å². The number of nitrogen functional groups attached to an aromatic ring is 1. The van der Waals surface area contributed by atoms with Crippen LogP contribution in [0.5, 0.6) is 11.5 Å². The largest absolute Gasteiger partial charge is 0.455 e. The Labute approximate surface area is 113 Å². The third kappa shape index (κ3) is 3.25. The molecule has 0 amide bonds. The molecule has 2 nitrogen and oxygen atoms in total. The lowest BCUT2D eigenvalue weighted by Gasteiger charge is -2.10. The van der Waals surface area contributed by atoms with Gasteiger partial charge >= 0.3 is 0 Å². The van der Waals surface area contributed by atoms with Crippen molar-refractivity contribution in [2.45, 2.75) is 26.7 Å². The third-order valence-electron chi connectivity index (χ3n) is 2.98. The molecule has 100 valence electrons. The van der Waals surface area contributed by atoms with Gasteiger partial charge in [0.25, 0.3) is 0 Å². The van der Waals surface area contributed by atoms with Crippen molar-refractivity contribution < 1.29 is 9.13 Å². The van der Waals surface area contributed by atoms with Gasteiger partial charge in [0.05, 0.1) is 5.69 Å². The molecule has 19 heavy (non-hydrogen) atoms. The predicted molar refractivity (Wildman–Crippen MR) is 76.1 cm³/mol. The van der Waals surface area contributed by atoms with Crippen LogP contribution in [-0.2, 0) is 6.42 Å². The van der Waals surface area contributed by atoms with Crippen LogP contribution in [-0.4, -0.2) is 0 Å². The third-order valence-corrected chi connectivity index (χ3v) is 2.98. The zero-order valence-corrected chi connectivity index (χ0v) is 11.2. The second-order valence-electron chi connectivity index (χ2n) is 4.64. The summed E-state index contributed by atoms with van der Waals surface area (Å²) in [5.74, 6) is 0.878. The number of hydrogen-bond donors (Lipinski definition) is 1. The van der Waals surface area contributed by atoms with Crippen LogP contribution >= 0.6 is 0 Å². The van der Waals surface area contributed by atoms with E-state index in [9.17, 15) is 4.39 Å². The fraction of sp³-hybridized carbons (Fsp3) is 0.250. The van der Waals surface area contributed by atoms with Gasteiger partial charge in [-0.05, 0) is 42.7 Å². The van der Waals surface area contributed by atoms with Crippen molar-refractivity contribution in [1.82, 2.24) is 0 Å². The van der Waals surface area contributed by atoms with E-state index >= 15 is 0 Å². The predicted octanol–water partition coefficient (Wildman–Crippen LogP) is 4.46. The minimum atomic E-state index is -0.317. The van der Waals surface area contributed by atoms with Crippen LogP contribution in [0, 0.1) is 12.7 Å². The maximum absolute atomic E-state index is 13.3. The zero-order valence-electron chi connectivity index (χ0n) is 11.2. The number of nitrogens with two attached hydrogens (primary N) is 1. The van der Waals surface area contributed by atoms with Gasteiger partial charge in [0, 0.05) is 6.07 Å². The van der Waals surface area contributed by atoms with Crippen molar-refractivity contribution in [3.8, 4) is 11.5 Å². The van der Waals surface area contributed by atoms with E-state index in [0.717, 1.165) is 12.8 Å². The second-order valence-corrected chi connectivity index (χ2v) is 4.64. The standard InChI is InChI=1S/C16H18FNO/c1-3-4-12-5-7-13(8-6-12)19-16-9-11(2)14(17)10-15(16)18/h5-10H,3-4,18H2,1-2H3. The molecule has 0 fully saturated rings. The van der Waals surface area contributed by atoms with E-state index < -0.39 is 0 Å². The van der Waals surface area contributed by atoms with Crippen molar-refractivity contribution in [1.29, 1.82) is 0 Å². The van der Waals surface area contributed by atoms with Gasteiger partial charge in [-0.15, -0.1) is 0 Å². The number of rotatable bonds is 4. The van der Waals surface area contributed by atoms with E-state index in [0.29, 0.717) is 22.7 Å². The first-order chi connectivity index (χ1) is 9.10. The van der Waals surface area contributed by atoms with E-state index in [-0.39, 0.29) is 5.82 Å². The van der Waals surface area contributed by atoms with Gasteiger partial charge < -0.3 is 10.5 Å².